The molecule has 2 aromatic rings. The van der Waals surface area contributed by atoms with Crippen LogP contribution in [0.15, 0.2) is 34.8 Å². The lowest BCUT2D eigenvalue weighted by molar-refractivity contribution is -0.131. The molecule has 1 aromatic carbocycles. The number of carbonyl (C=O) groups is 1. The van der Waals surface area contributed by atoms with Crippen molar-refractivity contribution in [1.82, 2.24) is 9.88 Å². The third-order valence-corrected chi connectivity index (χ3v) is 7.42. The summed E-state index contributed by atoms with van der Waals surface area (Å²) in [5.74, 6) is -0.0477. The summed E-state index contributed by atoms with van der Waals surface area (Å²) in [6.07, 6.45) is 6.79. The Morgan fingerprint density at radius 3 is 2.77 bits per heavy atom. The summed E-state index contributed by atoms with van der Waals surface area (Å²) in [5.41, 5.74) is 9.30. The van der Waals surface area contributed by atoms with Crippen molar-refractivity contribution in [1.29, 1.82) is 0 Å². The van der Waals surface area contributed by atoms with Crippen molar-refractivity contribution in [3.05, 3.63) is 40.9 Å². The monoisotopic (exact) mass is 444 g/mol. The number of hydrogen-bond donors (Lipinski definition) is 1. The molecule has 0 radical (unpaired) electrons. The van der Waals surface area contributed by atoms with Crippen LogP contribution in [0.4, 0.5) is 4.39 Å². The highest BCUT2D eigenvalue weighted by atomic mass is 32.1. The maximum atomic E-state index is 13.2. The van der Waals surface area contributed by atoms with Gasteiger partial charge in [-0.1, -0.05) is 12.1 Å². The Labute approximate surface area is 186 Å². The first-order chi connectivity index (χ1) is 15.0. The number of benzene rings is 1. The summed E-state index contributed by atoms with van der Waals surface area (Å²) in [7, 11) is 1.75. The third kappa shape index (κ3) is 4.80. The molecular formula is C23H29FN4O2S. The van der Waals surface area contributed by atoms with Crippen LogP contribution < -0.4 is 5.73 Å². The molecule has 1 saturated carbocycles. The molecule has 6 nitrogen and oxygen atoms in total. The van der Waals surface area contributed by atoms with Gasteiger partial charge < -0.3 is 10.5 Å². The number of hydrogen-bond acceptors (Lipinski definition) is 6. The number of ether oxygens (including phenoxy) is 1. The molecule has 0 unspecified atom stereocenters. The number of methoxy groups -OCH3 is 1. The van der Waals surface area contributed by atoms with Crippen LogP contribution in [0, 0.1) is 5.41 Å². The molecule has 2 aliphatic rings. The van der Waals surface area contributed by atoms with Crippen LogP contribution >= 0.6 is 11.3 Å². The first kappa shape index (κ1) is 21.9. The van der Waals surface area contributed by atoms with Gasteiger partial charge in [0.15, 0.2) is 5.96 Å². The number of nitrogens with two attached hydrogens (primary N) is 1. The van der Waals surface area contributed by atoms with E-state index in [1.165, 1.54) is 10.5 Å². The Balaban J connectivity index is 1.73. The van der Waals surface area contributed by atoms with Crippen molar-refractivity contribution in [3.8, 4) is 10.6 Å². The topological polar surface area (TPSA) is 80.8 Å². The average molecular weight is 445 g/mol. The fourth-order valence-electron chi connectivity index (χ4n) is 4.82. The number of nitrogens with zero attached hydrogens (tertiary/aromatic N) is 3. The van der Waals surface area contributed by atoms with E-state index in [1.807, 2.05) is 5.38 Å². The SMILES string of the molecule is COC1CCC2(CC1)CC(=O)N(CCF)C(N)=NCc1cc(-c3nccs3)ccc1C2. The van der Waals surface area contributed by atoms with Gasteiger partial charge in [0.05, 0.1) is 19.2 Å². The molecule has 1 aliphatic carbocycles. The molecule has 1 aliphatic heterocycles. The number of halogens is 1. The molecule has 0 atom stereocenters. The number of rotatable bonds is 4. The van der Waals surface area contributed by atoms with Gasteiger partial charge in [0.25, 0.3) is 0 Å². The highest BCUT2D eigenvalue weighted by molar-refractivity contribution is 7.13. The van der Waals surface area contributed by atoms with Crippen LogP contribution in [-0.2, 0) is 22.5 Å². The van der Waals surface area contributed by atoms with E-state index in [0.29, 0.717) is 13.0 Å². The number of amides is 1. The van der Waals surface area contributed by atoms with E-state index in [0.717, 1.165) is 48.2 Å². The minimum atomic E-state index is -0.647. The van der Waals surface area contributed by atoms with Crippen LogP contribution in [0.25, 0.3) is 10.6 Å². The van der Waals surface area contributed by atoms with Gasteiger partial charge in [-0.3, -0.25) is 9.69 Å². The molecule has 2 N–H and O–H groups in total. The molecule has 4 rings (SSSR count). The molecular weight excluding hydrogens is 415 g/mol. The van der Waals surface area contributed by atoms with Gasteiger partial charge in [0.2, 0.25) is 5.91 Å². The average Bonchev–Trinajstić information content (AvgIpc) is 3.31. The minimum Gasteiger partial charge on any atom is -0.381 e. The first-order valence-electron chi connectivity index (χ1n) is 10.7. The van der Waals surface area contributed by atoms with Gasteiger partial charge in [-0.15, -0.1) is 11.3 Å². The Hall–Kier alpha value is -2.32. The summed E-state index contributed by atoms with van der Waals surface area (Å²) < 4.78 is 18.8. The Morgan fingerprint density at radius 2 is 2.10 bits per heavy atom. The quantitative estimate of drug-likeness (QED) is 0.774. The number of aliphatic imine (C=N–C) groups is 1. The van der Waals surface area contributed by atoms with E-state index in [1.54, 1.807) is 24.6 Å². The van der Waals surface area contributed by atoms with Crippen molar-refractivity contribution in [3.63, 3.8) is 0 Å². The fourth-order valence-corrected chi connectivity index (χ4v) is 5.46. The molecule has 2 heterocycles. The third-order valence-electron chi connectivity index (χ3n) is 6.60. The normalized spacial score (nSPS) is 24.7. The van der Waals surface area contributed by atoms with E-state index in [2.05, 4.69) is 28.2 Å². The zero-order valence-electron chi connectivity index (χ0n) is 17.8. The number of carbonyl (C=O) groups excluding carboxylic acids is 1. The number of fused-ring (bicyclic) bond motifs is 1. The molecule has 8 heteroatoms. The Morgan fingerprint density at radius 1 is 1.29 bits per heavy atom. The molecule has 1 fully saturated rings. The number of thiazole rings is 1. The second-order valence-electron chi connectivity index (χ2n) is 8.52. The highest BCUT2D eigenvalue weighted by Gasteiger charge is 2.39. The van der Waals surface area contributed by atoms with Crippen LogP contribution in [0.5, 0.6) is 0 Å². The summed E-state index contributed by atoms with van der Waals surface area (Å²) in [5, 5.41) is 2.92. The van der Waals surface area contributed by atoms with E-state index in [4.69, 9.17) is 10.5 Å². The summed E-state index contributed by atoms with van der Waals surface area (Å²) in [4.78, 5) is 23.3. The van der Waals surface area contributed by atoms with Gasteiger partial charge in [-0.05, 0) is 54.7 Å². The zero-order chi connectivity index (χ0) is 21.8. The fraction of sp³-hybridized carbons (Fsp3) is 0.522. The standard InChI is InChI=1S/C23H29FN4O2S/c1-30-19-4-6-23(7-5-19)13-17-3-2-16(21-26-9-11-31-21)12-18(17)15-27-22(25)28(10-8-24)20(29)14-23/h2-3,9,11-12,19H,4-8,10,13-15H2,1H3,(H2,25,27). The van der Waals surface area contributed by atoms with Crippen LogP contribution in [0.2, 0.25) is 0 Å². The second kappa shape index (κ2) is 9.44. The van der Waals surface area contributed by atoms with Gasteiger partial charge in [-0.2, -0.15) is 0 Å². The van der Waals surface area contributed by atoms with Gasteiger partial charge >= 0.3 is 0 Å². The zero-order valence-corrected chi connectivity index (χ0v) is 18.7. The first-order valence-corrected chi connectivity index (χ1v) is 11.6. The van der Waals surface area contributed by atoms with Crippen molar-refractivity contribution in [2.45, 2.75) is 51.2 Å². The Kier molecular flexibility index (Phi) is 6.67. The maximum absolute atomic E-state index is 13.2. The molecule has 166 valence electrons. The lowest BCUT2D eigenvalue weighted by atomic mass is 9.67. The smallest absolute Gasteiger partial charge is 0.229 e. The highest BCUT2D eigenvalue weighted by Crippen LogP contribution is 2.44. The lowest BCUT2D eigenvalue weighted by Gasteiger charge is -2.41. The van der Waals surface area contributed by atoms with Crippen molar-refractivity contribution >= 4 is 23.2 Å². The Bertz CT molecular complexity index is 939. The maximum Gasteiger partial charge on any atom is 0.229 e. The van der Waals surface area contributed by atoms with Crippen molar-refractivity contribution in [2.24, 2.45) is 16.1 Å². The predicted molar refractivity (Wildman–Crippen MR) is 121 cm³/mol. The molecule has 1 amide bonds. The molecule has 0 bridgehead atoms. The van der Waals surface area contributed by atoms with Crippen LogP contribution in [0.1, 0.15) is 43.2 Å². The number of aromatic nitrogens is 1. The van der Waals surface area contributed by atoms with E-state index in [-0.39, 0.29) is 29.9 Å². The lowest BCUT2D eigenvalue weighted by Crippen LogP contribution is -2.46. The van der Waals surface area contributed by atoms with E-state index >= 15 is 0 Å². The summed E-state index contributed by atoms with van der Waals surface area (Å²) in [6, 6.07) is 6.37. The largest absolute Gasteiger partial charge is 0.381 e. The van der Waals surface area contributed by atoms with Crippen LogP contribution in [-0.4, -0.2) is 48.2 Å². The molecule has 31 heavy (non-hydrogen) atoms. The number of alkyl halides is 1. The van der Waals surface area contributed by atoms with Gasteiger partial charge in [-0.25, -0.2) is 14.4 Å². The van der Waals surface area contributed by atoms with E-state index in [9.17, 15) is 9.18 Å². The van der Waals surface area contributed by atoms with E-state index < -0.39 is 6.67 Å². The number of guanidine groups is 1. The molecule has 1 spiro atoms. The molecule has 0 saturated heterocycles. The molecule has 1 aromatic heterocycles. The van der Waals surface area contributed by atoms with Crippen LogP contribution in [0.3, 0.4) is 0 Å². The minimum absolute atomic E-state index is 0.0586. The van der Waals surface area contributed by atoms with Gasteiger partial charge in [0, 0.05) is 30.7 Å². The van der Waals surface area contributed by atoms with Crippen molar-refractivity contribution < 1.29 is 13.9 Å². The summed E-state index contributed by atoms with van der Waals surface area (Å²) >= 11 is 1.60. The predicted octanol–water partition coefficient (Wildman–Crippen LogP) is 3.94. The second-order valence-corrected chi connectivity index (χ2v) is 9.41. The van der Waals surface area contributed by atoms with Gasteiger partial charge in [0.1, 0.15) is 11.7 Å². The summed E-state index contributed by atoms with van der Waals surface area (Å²) in [6.45, 7) is -0.352. The van der Waals surface area contributed by atoms with Crippen molar-refractivity contribution in [2.75, 3.05) is 20.3 Å².